The van der Waals surface area contributed by atoms with Gasteiger partial charge in [-0.25, -0.2) is 4.90 Å². The van der Waals surface area contributed by atoms with Crippen LogP contribution in [0.3, 0.4) is 0 Å². The van der Waals surface area contributed by atoms with Crippen molar-refractivity contribution < 1.29 is 9.59 Å². The molecule has 24 heavy (non-hydrogen) atoms. The fourth-order valence-electron chi connectivity index (χ4n) is 2.28. The molecule has 2 aromatic carbocycles. The van der Waals surface area contributed by atoms with Crippen LogP contribution in [0.25, 0.3) is 0 Å². The molecule has 1 aliphatic heterocycles. The van der Waals surface area contributed by atoms with Crippen molar-refractivity contribution in [3.05, 3.63) is 68.8 Å². The van der Waals surface area contributed by atoms with E-state index in [2.05, 4.69) is 5.32 Å². The fraction of sp³-hybridized carbons (Fsp3) is 0.0588. The first-order chi connectivity index (χ1) is 11.4. The van der Waals surface area contributed by atoms with Crippen LogP contribution in [0.2, 0.25) is 10.0 Å². The predicted molar refractivity (Wildman–Crippen MR) is 96.6 cm³/mol. The van der Waals surface area contributed by atoms with Crippen LogP contribution in [0.1, 0.15) is 5.56 Å². The normalized spacial score (nSPS) is 14.6. The Morgan fingerprint density at radius 3 is 2.38 bits per heavy atom. The van der Waals surface area contributed by atoms with Crippen molar-refractivity contribution in [1.82, 2.24) is 0 Å². The third kappa shape index (κ3) is 3.00. The Hall–Kier alpha value is -2.01. The van der Waals surface area contributed by atoms with Crippen molar-refractivity contribution in [1.29, 1.82) is 0 Å². The molecule has 7 heteroatoms. The van der Waals surface area contributed by atoms with E-state index < -0.39 is 11.8 Å². The van der Waals surface area contributed by atoms with Gasteiger partial charge in [0.1, 0.15) is 10.7 Å². The maximum absolute atomic E-state index is 12.6. The molecule has 0 fully saturated rings. The average Bonchev–Trinajstić information content (AvgIpc) is 2.74. The van der Waals surface area contributed by atoms with E-state index in [9.17, 15) is 9.59 Å². The van der Waals surface area contributed by atoms with Gasteiger partial charge in [-0.1, -0.05) is 46.9 Å². The quantitative estimate of drug-likeness (QED) is 0.781. The summed E-state index contributed by atoms with van der Waals surface area (Å²) in [5, 5.41) is 3.64. The summed E-state index contributed by atoms with van der Waals surface area (Å²) >= 11 is 18.1. The van der Waals surface area contributed by atoms with Crippen molar-refractivity contribution in [2.24, 2.45) is 0 Å². The molecule has 2 aromatic rings. The number of rotatable bonds is 3. The predicted octanol–water partition coefficient (Wildman–Crippen LogP) is 4.74. The molecular weight excluding hydrogens is 371 g/mol. The maximum Gasteiger partial charge on any atom is 0.283 e. The lowest BCUT2D eigenvalue weighted by atomic mass is 10.2. The Kier molecular flexibility index (Phi) is 4.54. The lowest BCUT2D eigenvalue weighted by Crippen LogP contribution is -2.32. The van der Waals surface area contributed by atoms with Gasteiger partial charge in [0.05, 0.1) is 5.69 Å². The molecule has 1 aliphatic rings. The van der Waals surface area contributed by atoms with E-state index in [-0.39, 0.29) is 10.7 Å². The molecule has 0 unspecified atom stereocenters. The maximum atomic E-state index is 12.6. The number of carbonyl (C=O) groups is 2. The molecule has 1 heterocycles. The summed E-state index contributed by atoms with van der Waals surface area (Å²) in [6.45, 7) is 1.86. The van der Waals surface area contributed by atoms with Gasteiger partial charge in [-0.15, -0.1) is 0 Å². The van der Waals surface area contributed by atoms with Crippen molar-refractivity contribution >= 4 is 58.0 Å². The summed E-state index contributed by atoms with van der Waals surface area (Å²) in [4.78, 5) is 26.0. The van der Waals surface area contributed by atoms with E-state index in [1.807, 2.05) is 6.92 Å². The monoisotopic (exact) mass is 380 g/mol. The second-order valence-corrected chi connectivity index (χ2v) is 6.43. The number of benzene rings is 2. The van der Waals surface area contributed by atoms with E-state index in [0.29, 0.717) is 21.4 Å². The molecule has 0 atom stereocenters. The summed E-state index contributed by atoms with van der Waals surface area (Å²) in [5.41, 5.74) is 1.82. The third-order valence-electron chi connectivity index (χ3n) is 3.53. The summed E-state index contributed by atoms with van der Waals surface area (Å²) < 4.78 is 0. The van der Waals surface area contributed by atoms with E-state index in [4.69, 9.17) is 34.8 Å². The molecule has 0 aliphatic carbocycles. The fourth-order valence-corrected chi connectivity index (χ4v) is 2.85. The summed E-state index contributed by atoms with van der Waals surface area (Å²) in [7, 11) is 0. The molecule has 0 spiro atoms. The van der Waals surface area contributed by atoms with E-state index >= 15 is 0 Å². The zero-order chi connectivity index (χ0) is 17.4. The SMILES string of the molecule is Cc1ccc(NC2=C(Cl)C(=O)N(c3cccc(Cl)c3)C2=O)cc1Cl. The second kappa shape index (κ2) is 6.48. The molecule has 4 nitrogen and oxygen atoms in total. The Balaban J connectivity index is 1.93. The average molecular weight is 382 g/mol. The topological polar surface area (TPSA) is 49.4 Å². The lowest BCUT2D eigenvalue weighted by Gasteiger charge is -2.15. The van der Waals surface area contributed by atoms with Gasteiger partial charge in [-0.05, 0) is 42.8 Å². The number of amides is 2. The van der Waals surface area contributed by atoms with E-state index in [0.717, 1.165) is 10.5 Å². The number of hydrogen-bond donors (Lipinski definition) is 1. The van der Waals surface area contributed by atoms with Crippen LogP contribution >= 0.6 is 34.8 Å². The minimum Gasteiger partial charge on any atom is -0.350 e. The van der Waals surface area contributed by atoms with Crippen molar-refractivity contribution in [3.8, 4) is 0 Å². The molecule has 0 radical (unpaired) electrons. The molecular formula is C17H11Cl3N2O2. The first kappa shape index (κ1) is 16.8. The standard InChI is InChI=1S/C17H11Cl3N2O2/c1-9-5-6-11(8-13(9)19)21-15-14(20)16(23)22(17(15)24)12-4-2-3-10(18)7-12/h2-8,21H,1H3. The van der Waals surface area contributed by atoms with Crippen molar-refractivity contribution in [2.75, 3.05) is 10.2 Å². The van der Waals surface area contributed by atoms with Crippen molar-refractivity contribution in [2.45, 2.75) is 6.92 Å². The number of nitrogens with one attached hydrogen (secondary N) is 1. The number of anilines is 2. The van der Waals surface area contributed by atoms with Crippen LogP contribution in [0, 0.1) is 6.92 Å². The van der Waals surface area contributed by atoms with Gasteiger partial charge in [-0.2, -0.15) is 0 Å². The van der Waals surface area contributed by atoms with Gasteiger partial charge in [0, 0.05) is 15.7 Å². The summed E-state index contributed by atoms with van der Waals surface area (Å²) in [5.74, 6) is -1.16. The minimum absolute atomic E-state index is 0.00145. The van der Waals surface area contributed by atoms with E-state index in [1.54, 1.807) is 36.4 Å². The summed E-state index contributed by atoms with van der Waals surface area (Å²) in [6.07, 6.45) is 0. The van der Waals surface area contributed by atoms with Gasteiger partial charge in [0.2, 0.25) is 0 Å². The minimum atomic E-state index is -0.607. The molecule has 2 amide bonds. The Labute approximate surface area is 153 Å². The Bertz CT molecular complexity index is 893. The number of hydrogen-bond acceptors (Lipinski definition) is 3. The van der Waals surface area contributed by atoms with Crippen LogP contribution in [-0.4, -0.2) is 11.8 Å². The highest BCUT2D eigenvalue weighted by molar-refractivity contribution is 6.53. The Morgan fingerprint density at radius 2 is 1.71 bits per heavy atom. The Morgan fingerprint density at radius 1 is 0.958 bits per heavy atom. The van der Waals surface area contributed by atoms with Gasteiger partial charge in [-0.3, -0.25) is 9.59 Å². The molecule has 122 valence electrons. The molecule has 0 saturated heterocycles. The summed E-state index contributed by atoms with van der Waals surface area (Å²) in [6, 6.07) is 11.6. The molecule has 1 N–H and O–H groups in total. The molecule has 0 saturated carbocycles. The van der Waals surface area contributed by atoms with Crippen LogP contribution in [-0.2, 0) is 9.59 Å². The first-order valence-corrected chi connectivity index (χ1v) is 8.09. The largest absolute Gasteiger partial charge is 0.350 e. The zero-order valence-electron chi connectivity index (χ0n) is 12.4. The zero-order valence-corrected chi connectivity index (χ0v) is 14.7. The third-order valence-corrected chi connectivity index (χ3v) is 4.53. The highest BCUT2D eigenvalue weighted by Crippen LogP contribution is 2.31. The highest BCUT2D eigenvalue weighted by Gasteiger charge is 2.39. The van der Waals surface area contributed by atoms with Crippen molar-refractivity contribution in [3.63, 3.8) is 0 Å². The van der Waals surface area contributed by atoms with Gasteiger partial charge in [0.25, 0.3) is 11.8 Å². The first-order valence-electron chi connectivity index (χ1n) is 6.96. The van der Waals surface area contributed by atoms with Crippen LogP contribution in [0.15, 0.2) is 53.2 Å². The molecule has 0 bridgehead atoms. The lowest BCUT2D eigenvalue weighted by molar-refractivity contribution is -0.120. The smallest absolute Gasteiger partial charge is 0.283 e. The van der Waals surface area contributed by atoms with Gasteiger partial charge in [0.15, 0.2) is 0 Å². The number of imide groups is 1. The van der Waals surface area contributed by atoms with Crippen LogP contribution in [0.4, 0.5) is 11.4 Å². The number of carbonyl (C=O) groups excluding carboxylic acids is 2. The molecule has 3 rings (SSSR count). The van der Waals surface area contributed by atoms with E-state index in [1.165, 1.54) is 6.07 Å². The van der Waals surface area contributed by atoms with Crippen LogP contribution < -0.4 is 10.2 Å². The number of halogens is 3. The van der Waals surface area contributed by atoms with Crippen LogP contribution in [0.5, 0.6) is 0 Å². The second-order valence-electron chi connectivity index (χ2n) is 5.20. The number of nitrogens with zero attached hydrogens (tertiary/aromatic N) is 1. The highest BCUT2D eigenvalue weighted by atomic mass is 35.5. The van der Waals surface area contributed by atoms with Gasteiger partial charge < -0.3 is 5.32 Å². The van der Waals surface area contributed by atoms with Gasteiger partial charge >= 0.3 is 0 Å². The molecule has 0 aromatic heterocycles. The number of aryl methyl sites for hydroxylation is 1.